The third-order valence-corrected chi connectivity index (χ3v) is 4.42. The molecule has 0 aliphatic heterocycles. The van der Waals surface area contributed by atoms with Crippen LogP contribution in [0.4, 0.5) is 0 Å². The van der Waals surface area contributed by atoms with Crippen molar-refractivity contribution in [3.63, 3.8) is 0 Å². The molecule has 0 N–H and O–H groups in total. The second-order valence-electron chi connectivity index (χ2n) is 6.25. The van der Waals surface area contributed by atoms with E-state index in [0.29, 0.717) is 11.9 Å². The van der Waals surface area contributed by atoms with Crippen LogP contribution >= 0.6 is 0 Å². The van der Waals surface area contributed by atoms with E-state index in [4.69, 9.17) is 4.74 Å². The first-order valence-corrected chi connectivity index (χ1v) is 8.14. The number of carbonyl (C=O) groups excluding carboxylic acids is 1. The van der Waals surface area contributed by atoms with E-state index in [1.165, 1.54) is 32.1 Å². The van der Waals surface area contributed by atoms with Gasteiger partial charge in [0.05, 0.1) is 6.10 Å². The zero-order valence-corrected chi connectivity index (χ0v) is 12.1. The molecule has 2 heteroatoms. The predicted molar refractivity (Wildman–Crippen MR) is 80.2 cm³/mol. The Kier molecular flexibility index (Phi) is 4.39. The zero-order valence-electron chi connectivity index (χ0n) is 12.1. The van der Waals surface area contributed by atoms with Gasteiger partial charge in [-0.2, -0.15) is 0 Å². The van der Waals surface area contributed by atoms with Crippen LogP contribution in [0.2, 0.25) is 0 Å². The molecule has 3 rings (SSSR count). The van der Waals surface area contributed by atoms with E-state index in [0.717, 1.165) is 37.0 Å². The van der Waals surface area contributed by atoms with E-state index in [9.17, 15) is 4.79 Å². The molecule has 0 spiro atoms. The van der Waals surface area contributed by atoms with Gasteiger partial charge >= 0.3 is 0 Å². The Hall–Kier alpha value is -1.31. The highest BCUT2D eigenvalue weighted by Gasteiger charge is 2.25. The molecule has 0 saturated heterocycles. The van der Waals surface area contributed by atoms with Gasteiger partial charge in [0.2, 0.25) is 0 Å². The number of rotatable bonds is 4. The second-order valence-corrected chi connectivity index (χ2v) is 6.25. The van der Waals surface area contributed by atoms with E-state index in [-0.39, 0.29) is 5.92 Å². The van der Waals surface area contributed by atoms with Crippen molar-refractivity contribution in [2.24, 2.45) is 5.92 Å². The lowest BCUT2D eigenvalue weighted by atomic mass is 9.85. The Morgan fingerprint density at radius 3 is 2.35 bits per heavy atom. The van der Waals surface area contributed by atoms with Crippen molar-refractivity contribution in [3.05, 3.63) is 29.8 Å². The molecule has 0 bridgehead atoms. The van der Waals surface area contributed by atoms with Crippen molar-refractivity contribution in [3.8, 4) is 5.75 Å². The molecular weight excluding hydrogens is 248 g/mol. The van der Waals surface area contributed by atoms with Gasteiger partial charge in [0, 0.05) is 11.5 Å². The molecule has 2 nitrogen and oxygen atoms in total. The molecule has 2 fully saturated rings. The Labute approximate surface area is 121 Å². The van der Waals surface area contributed by atoms with E-state index >= 15 is 0 Å². The molecule has 0 aromatic heterocycles. The van der Waals surface area contributed by atoms with Gasteiger partial charge in [-0.3, -0.25) is 4.79 Å². The lowest BCUT2D eigenvalue weighted by Crippen LogP contribution is -2.16. The second kappa shape index (κ2) is 6.43. The molecule has 0 heterocycles. The molecular formula is C18H24O2. The minimum atomic E-state index is 0.228. The van der Waals surface area contributed by atoms with E-state index in [2.05, 4.69) is 0 Å². The van der Waals surface area contributed by atoms with E-state index in [1.54, 1.807) is 0 Å². The summed E-state index contributed by atoms with van der Waals surface area (Å²) in [7, 11) is 0. The van der Waals surface area contributed by atoms with Crippen LogP contribution in [0.5, 0.6) is 5.75 Å². The number of hydrogen-bond donors (Lipinski definition) is 0. The van der Waals surface area contributed by atoms with Gasteiger partial charge < -0.3 is 4.74 Å². The summed E-state index contributed by atoms with van der Waals surface area (Å²) in [6.07, 6.45) is 11.1. The summed E-state index contributed by atoms with van der Waals surface area (Å²) in [5.74, 6) is 1.42. The van der Waals surface area contributed by atoms with Crippen LogP contribution in [0.3, 0.4) is 0 Å². The fourth-order valence-corrected chi connectivity index (χ4v) is 3.06. The average Bonchev–Trinajstić information content (AvgIpc) is 3.22. The van der Waals surface area contributed by atoms with Gasteiger partial charge in [0.1, 0.15) is 5.75 Å². The Bertz CT molecular complexity index is 454. The summed E-state index contributed by atoms with van der Waals surface area (Å²) in [6, 6.07) is 7.81. The largest absolute Gasteiger partial charge is 0.490 e. The van der Waals surface area contributed by atoms with Crippen LogP contribution < -0.4 is 4.74 Å². The first kappa shape index (κ1) is 13.7. The van der Waals surface area contributed by atoms with Crippen LogP contribution in [0, 0.1) is 5.92 Å². The minimum absolute atomic E-state index is 0.228. The van der Waals surface area contributed by atoms with Gasteiger partial charge in [-0.1, -0.05) is 44.2 Å². The molecule has 1 aromatic carbocycles. The molecule has 0 radical (unpaired) electrons. The third-order valence-electron chi connectivity index (χ3n) is 4.42. The van der Waals surface area contributed by atoms with Gasteiger partial charge in [0.25, 0.3) is 0 Å². The van der Waals surface area contributed by atoms with Crippen molar-refractivity contribution in [2.75, 3.05) is 0 Å². The van der Waals surface area contributed by atoms with Crippen molar-refractivity contribution >= 4 is 5.78 Å². The highest BCUT2D eigenvalue weighted by atomic mass is 16.5. The van der Waals surface area contributed by atoms with Gasteiger partial charge in [-0.05, 0) is 37.8 Å². The molecule has 20 heavy (non-hydrogen) atoms. The lowest BCUT2D eigenvalue weighted by Gasteiger charge is -2.18. The van der Waals surface area contributed by atoms with Crippen LogP contribution in [-0.2, 0) is 0 Å². The van der Waals surface area contributed by atoms with Gasteiger partial charge in [0.15, 0.2) is 5.78 Å². The Balaban J connectivity index is 1.67. The molecule has 0 unspecified atom stereocenters. The molecule has 1 aromatic rings. The first-order valence-electron chi connectivity index (χ1n) is 8.14. The van der Waals surface area contributed by atoms with Crippen molar-refractivity contribution in [1.82, 2.24) is 0 Å². The molecule has 2 saturated carbocycles. The summed E-state index contributed by atoms with van der Waals surface area (Å²) in [4.78, 5) is 12.7. The number of Topliss-reactive ketones (excluding diaryl/α,β-unsaturated/α-hetero) is 1. The van der Waals surface area contributed by atoms with Crippen LogP contribution in [0.1, 0.15) is 68.1 Å². The number of benzene rings is 1. The monoisotopic (exact) mass is 272 g/mol. The number of ketones is 1. The fraction of sp³-hybridized carbons (Fsp3) is 0.611. The smallest absolute Gasteiger partial charge is 0.166 e. The summed E-state index contributed by atoms with van der Waals surface area (Å²) < 4.78 is 5.80. The first-order chi connectivity index (χ1) is 9.83. The predicted octanol–water partition coefficient (Wildman–Crippen LogP) is 4.77. The van der Waals surface area contributed by atoms with Crippen LogP contribution in [-0.4, -0.2) is 11.9 Å². The van der Waals surface area contributed by atoms with E-state index in [1.807, 2.05) is 24.3 Å². The number of hydrogen-bond acceptors (Lipinski definition) is 2. The summed E-state index contributed by atoms with van der Waals surface area (Å²) in [6.45, 7) is 0. The van der Waals surface area contributed by atoms with E-state index < -0.39 is 0 Å². The fourth-order valence-electron chi connectivity index (χ4n) is 3.06. The molecule has 0 atom stereocenters. The zero-order chi connectivity index (χ0) is 13.8. The lowest BCUT2D eigenvalue weighted by molar-refractivity contribution is 0.0898. The van der Waals surface area contributed by atoms with Crippen molar-refractivity contribution < 1.29 is 9.53 Å². The maximum absolute atomic E-state index is 12.7. The minimum Gasteiger partial charge on any atom is -0.490 e. The average molecular weight is 272 g/mol. The topological polar surface area (TPSA) is 26.3 Å². The standard InChI is InChI=1S/C18H24O2/c19-18(14-7-4-2-1-3-5-8-14)15-9-6-10-17(13-15)20-16-11-12-16/h6,9-10,13-14,16H,1-5,7-8,11-12H2. The molecule has 2 aliphatic carbocycles. The van der Waals surface area contributed by atoms with Crippen LogP contribution in [0.25, 0.3) is 0 Å². The highest BCUT2D eigenvalue weighted by molar-refractivity contribution is 5.98. The third kappa shape index (κ3) is 3.62. The Morgan fingerprint density at radius 2 is 1.65 bits per heavy atom. The quantitative estimate of drug-likeness (QED) is 0.738. The molecule has 108 valence electrons. The van der Waals surface area contributed by atoms with Crippen molar-refractivity contribution in [2.45, 2.75) is 63.9 Å². The van der Waals surface area contributed by atoms with Crippen LogP contribution in [0.15, 0.2) is 24.3 Å². The van der Waals surface area contributed by atoms with Crippen molar-refractivity contribution in [1.29, 1.82) is 0 Å². The summed E-state index contributed by atoms with van der Waals surface area (Å²) in [5.41, 5.74) is 0.841. The summed E-state index contributed by atoms with van der Waals surface area (Å²) in [5, 5.41) is 0. The molecule has 0 amide bonds. The highest BCUT2D eigenvalue weighted by Crippen LogP contribution is 2.29. The van der Waals surface area contributed by atoms with Gasteiger partial charge in [-0.25, -0.2) is 0 Å². The Morgan fingerprint density at radius 1 is 0.950 bits per heavy atom. The summed E-state index contributed by atoms with van der Waals surface area (Å²) >= 11 is 0. The SMILES string of the molecule is O=C(c1cccc(OC2CC2)c1)C1CCCCCCC1. The molecule has 2 aliphatic rings. The number of carbonyl (C=O) groups is 1. The number of ether oxygens (including phenoxy) is 1. The maximum atomic E-state index is 12.7. The van der Waals surface area contributed by atoms with Gasteiger partial charge in [-0.15, -0.1) is 0 Å². The maximum Gasteiger partial charge on any atom is 0.166 e. The normalized spacial score (nSPS) is 21.0.